The summed E-state index contributed by atoms with van der Waals surface area (Å²) in [6.07, 6.45) is -23.2. The van der Waals surface area contributed by atoms with Crippen LogP contribution in [0.4, 0.5) is 0 Å². The van der Waals surface area contributed by atoms with Crippen LogP contribution in [0, 0.1) is 12.8 Å². The molecule has 8 rings (SSSR count). The van der Waals surface area contributed by atoms with Crippen molar-refractivity contribution in [2.24, 2.45) is 5.92 Å². The summed E-state index contributed by atoms with van der Waals surface area (Å²) in [6.45, 7) is 12.3. The number of ether oxygens (including phenoxy) is 12. The topological polar surface area (TPSA) is 356 Å². The zero-order chi connectivity index (χ0) is 57.0. The second kappa shape index (κ2) is 24.2. The minimum Gasteiger partial charge on any atom is -0.507 e. The van der Waals surface area contributed by atoms with Crippen molar-refractivity contribution < 1.29 is 117 Å². The lowest BCUT2D eigenvalue weighted by Crippen LogP contribution is -2.58. The smallest absolute Gasteiger partial charge is 0.328 e. The molecule has 6 aliphatic rings. The monoisotopic (exact) mass is 1110 g/mol. The Morgan fingerprint density at radius 2 is 1.19 bits per heavy atom. The van der Waals surface area contributed by atoms with E-state index in [1.165, 1.54) is 33.9 Å². The summed E-state index contributed by atoms with van der Waals surface area (Å²) in [6, 6.07) is 1.93. The Morgan fingerprint density at radius 1 is 0.692 bits per heavy atom. The number of benzene rings is 2. The number of hydrogen-bond donors (Lipinski definition) is 10. The van der Waals surface area contributed by atoms with Crippen LogP contribution in [0.5, 0.6) is 17.2 Å². The second-order valence-electron chi connectivity index (χ2n) is 21.9. The van der Waals surface area contributed by atoms with Crippen LogP contribution in [-0.2, 0) is 68.1 Å². The van der Waals surface area contributed by atoms with Gasteiger partial charge >= 0.3 is 5.97 Å². The summed E-state index contributed by atoms with van der Waals surface area (Å²) in [4.78, 5) is 41.6. The number of hydrogen-bond acceptors (Lipinski definition) is 24. The normalized spacial score (nSPS) is 41.1. The fraction of sp³-hybridized carbons (Fsp3) is 0.755. The molecule has 78 heavy (non-hydrogen) atoms. The van der Waals surface area contributed by atoms with Gasteiger partial charge in [-0.25, -0.2) is 4.79 Å². The van der Waals surface area contributed by atoms with Crippen molar-refractivity contribution in [1.29, 1.82) is 0 Å². The van der Waals surface area contributed by atoms with Crippen molar-refractivity contribution in [2.75, 3.05) is 14.2 Å². The van der Waals surface area contributed by atoms with E-state index >= 15 is 4.79 Å². The molecule has 1 aliphatic carbocycles. The molecule has 0 bridgehead atoms. The van der Waals surface area contributed by atoms with Crippen molar-refractivity contribution in [3.05, 3.63) is 28.8 Å². The van der Waals surface area contributed by atoms with Crippen LogP contribution in [0.1, 0.15) is 102 Å². The predicted molar refractivity (Wildman–Crippen MR) is 266 cm³/mol. The van der Waals surface area contributed by atoms with Gasteiger partial charge in [0.1, 0.15) is 66.0 Å². The molecule has 0 aromatic heterocycles. The fourth-order valence-corrected chi connectivity index (χ4v) is 11.4. The molecule has 0 saturated carbocycles. The van der Waals surface area contributed by atoms with Crippen LogP contribution in [0.15, 0.2) is 12.1 Å². The van der Waals surface area contributed by atoms with Crippen LogP contribution in [0.3, 0.4) is 0 Å². The first-order valence-electron chi connectivity index (χ1n) is 26.5. The molecular weight excluding hydrogens is 1030 g/mol. The molecule has 0 radical (unpaired) electrons. The minimum atomic E-state index is -1.62. The largest absolute Gasteiger partial charge is 0.507 e. The Morgan fingerprint density at radius 3 is 1.73 bits per heavy atom. The molecule has 24 atom stereocenters. The third-order valence-corrected chi connectivity index (χ3v) is 16.0. The number of aliphatic hydroxyl groups excluding tert-OH is 6. The molecule has 5 fully saturated rings. The molecule has 438 valence electrons. The quantitative estimate of drug-likeness (QED) is 0.106. The molecule has 5 saturated heterocycles. The number of fused-ring (bicyclic) bond motifs is 2. The maximum Gasteiger partial charge on any atom is 0.328 e. The number of ketones is 1. The molecule has 25 heteroatoms. The molecule has 5 heterocycles. The maximum atomic E-state index is 15.1. The van der Waals surface area contributed by atoms with Crippen molar-refractivity contribution in [3.63, 3.8) is 0 Å². The molecule has 10 N–H and O–H groups in total. The Labute approximate surface area is 450 Å². The van der Waals surface area contributed by atoms with Gasteiger partial charge in [-0.15, -0.1) is 0 Å². The molecule has 2 aromatic carbocycles. The first-order chi connectivity index (χ1) is 36.7. The Hall–Kier alpha value is -3.97. The standard InChI is InChI=1S/C53H77NO24/c1-19-30(74-35-15-31(43(58)22(4)70-35)75-34-14-29(55)42(57)21(3)69-34)13-27-11-26-12-28(49(67-9)51(64)54-20(2)52(65)68-10)48(47(62)40(26)46(61)39(27)41(19)56)78-37-17-32(44(59)24(6)72-37)76-36-16-33(45(60)23(5)71-36)77-38-18-53(8,66)50(63)25(7)73-38/h11,13,20-25,28-29,31-38,42-45,48-50,55-61,63,66H,12,14-18H2,1-10H3,(H,54,64)/t20-,21+,22+,23+,24+,25+,28+,29+,31+,32+,33+,34-,35-,36-,37-,38-,42+,43+,44+,45-,48-,49-,50+,53-/m0/s1. The van der Waals surface area contributed by atoms with Crippen molar-refractivity contribution in [1.82, 2.24) is 5.32 Å². The van der Waals surface area contributed by atoms with Crippen LogP contribution in [0.2, 0.25) is 0 Å². The second-order valence-corrected chi connectivity index (χ2v) is 21.9. The van der Waals surface area contributed by atoms with Crippen LogP contribution in [-0.4, -0.2) is 219 Å². The van der Waals surface area contributed by atoms with E-state index in [0.717, 1.165) is 7.11 Å². The molecular formula is C53H77NO24. The van der Waals surface area contributed by atoms with Gasteiger partial charge in [0.15, 0.2) is 30.9 Å². The Balaban J connectivity index is 1.05. The van der Waals surface area contributed by atoms with E-state index in [0.29, 0.717) is 0 Å². The third kappa shape index (κ3) is 12.4. The predicted octanol–water partition coefficient (Wildman–Crippen LogP) is 0.118. The van der Waals surface area contributed by atoms with Gasteiger partial charge in [-0.05, 0) is 84.9 Å². The van der Waals surface area contributed by atoms with E-state index in [1.54, 1.807) is 40.7 Å². The molecule has 0 spiro atoms. The number of amides is 1. The minimum absolute atomic E-state index is 0.0322. The van der Waals surface area contributed by atoms with E-state index in [9.17, 15) is 55.5 Å². The molecule has 1 amide bonds. The Bertz CT molecular complexity index is 2450. The summed E-state index contributed by atoms with van der Waals surface area (Å²) < 4.78 is 71.7. The number of Topliss-reactive ketones (excluding diaryl/α,β-unsaturated/α-hetero) is 1. The molecule has 25 nitrogen and oxygen atoms in total. The van der Waals surface area contributed by atoms with E-state index < -0.39 is 176 Å². The first-order valence-corrected chi connectivity index (χ1v) is 26.5. The Kier molecular flexibility index (Phi) is 18.7. The van der Waals surface area contributed by atoms with Crippen LogP contribution < -0.4 is 10.1 Å². The highest BCUT2D eigenvalue weighted by Crippen LogP contribution is 2.47. The molecule has 0 unspecified atom stereocenters. The van der Waals surface area contributed by atoms with Crippen molar-refractivity contribution >= 4 is 28.4 Å². The number of phenolic OH excluding ortho intramolecular Hbond substituents is 2. The zero-order valence-corrected chi connectivity index (χ0v) is 45.3. The summed E-state index contributed by atoms with van der Waals surface area (Å²) in [5.41, 5.74) is -1.41. The summed E-state index contributed by atoms with van der Waals surface area (Å²) in [5, 5.41) is 102. The van der Waals surface area contributed by atoms with Gasteiger partial charge in [-0.1, -0.05) is 0 Å². The number of carbonyl (C=O) groups is 3. The lowest BCUT2D eigenvalue weighted by Gasteiger charge is -2.46. The average Bonchev–Trinajstić information content (AvgIpc) is 3.49. The fourth-order valence-electron chi connectivity index (χ4n) is 11.4. The highest BCUT2D eigenvalue weighted by atomic mass is 16.7. The van der Waals surface area contributed by atoms with Gasteiger partial charge in [0, 0.05) is 50.7 Å². The van der Waals surface area contributed by atoms with Crippen molar-refractivity contribution in [3.8, 4) is 17.2 Å². The maximum absolute atomic E-state index is 15.1. The lowest BCUT2D eigenvalue weighted by molar-refractivity contribution is -0.334. The number of phenols is 2. The van der Waals surface area contributed by atoms with Gasteiger partial charge in [0.05, 0.1) is 78.6 Å². The number of nitrogens with one attached hydrogen (secondary N) is 1. The number of rotatable bonds is 15. The van der Waals surface area contributed by atoms with Gasteiger partial charge in [-0.3, -0.25) is 9.59 Å². The van der Waals surface area contributed by atoms with Crippen LogP contribution >= 0.6 is 0 Å². The van der Waals surface area contributed by atoms with Crippen molar-refractivity contribution in [2.45, 2.75) is 235 Å². The molecule has 5 aliphatic heterocycles. The first kappa shape index (κ1) is 60.1. The van der Waals surface area contributed by atoms with E-state index in [1.807, 2.05) is 0 Å². The van der Waals surface area contributed by atoms with Gasteiger partial charge in [0.25, 0.3) is 0 Å². The number of carbonyl (C=O) groups excluding carboxylic acids is 3. The van der Waals surface area contributed by atoms with Gasteiger partial charge in [0.2, 0.25) is 12.2 Å². The van der Waals surface area contributed by atoms with Gasteiger partial charge in [-0.2, -0.15) is 0 Å². The zero-order valence-electron chi connectivity index (χ0n) is 45.3. The van der Waals surface area contributed by atoms with Crippen LogP contribution in [0.25, 0.3) is 10.8 Å². The van der Waals surface area contributed by atoms with E-state index in [4.69, 9.17) is 56.8 Å². The summed E-state index contributed by atoms with van der Waals surface area (Å²) in [5.74, 6) is -4.53. The summed E-state index contributed by atoms with van der Waals surface area (Å²) >= 11 is 0. The highest BCUT2D eigenvalue weighted by molar-refractivity contribution is 6.11. The SMILES string of the molecule is COC(=O)[C@H](C)NC(=O)[C@@H](OC)[C@@H]1Cc2cc3cc(O[C@H]4C[C@@H](O[C@H]5C[C@@H](O)[C@H](O)[C@@H](C)O5)[C@H](O)[C@@H](C)O4)c(C)c(O)c3c(O)c2C(=O)[C@H]1O[C@H]1C[C@@H](O[C@H]2C[C@@H](O[C@H]3C[C@](C)(O)[C@H](O)[C@@H](C)O3)[C@@H](O)[C@@H](C)O2)[C@H](O)[C@@H](C)O1. The molecule has 2 aromatic rings. The number of methoxy groups -OCH3 is 2. The number of aliphatic hydroxyl groups is 7. The number of aromatic hydroxyl groups is 2. The van der Waals surface area contributed by atoms with E-state index in [2.05, 4.69) is 5.32 Å². The van der Waals surface area contributed by atoms with Gasteiger partial charge < -0.3 is 108 Å². The third-order valence-electron chi connectivity index (χ3n) is 16.0. The summed E-state index contributed by atoms with van der Waals surface area (Å²) in [7, 11) is 2.39. The van der Waals surface area contributed by atoms with E-state index in [-0.39, 0.29) is 71.7 Å². The highest BCUT2D eigenvalue weighted by Gasteiger charge is 2.51. The average molecular weight is 1110 g/mol. The number of esters is 1. The lowest BCUT2D eigenvalue weighted by atomic mass is 9.76.